The molecule has 1 aromatic heterocycles. The second-order valence-electron chi connectivity index (χ2n) is 3.60. The fourth-order valence-corrected chi connectivity index (χ4v) is 1.95. The molecule has 0 spiro atoms. The Balaban J connectivity index is 2.64. The Bertz CT molecular complexity index is 437. The summed E-state index contributed by atoms with van der Waals surface area (Å²) < 4.78 is 30.2. The molecular formula is C10H18N2O4S. The van der Waals surface area contributed by atoms with Crippen LogP contribution in [0.1, 0.15) is 19.1 Å². The Morgan fingerprint density at radius 3 is 2.71 bits per heavy atom. The SMILES string of the molecule is CC[C@@H](CO)NCc1ccc(S(=O)(=O)NC)o1. The molecule has 1 heterocycles. The van der Waals surface area contributed by atoms with Gasteiger partial charge in [0.15, 0.2) is 0 Å². The lowest BCUT2D eigenvalue weighted by molar-refractivity contribution is 0.234. The zero-order chi connectivity index (χ0) is 12.9. The Labute approximate surface area is 101 Å². The van der Waals surface area contributed by atoms with Crippen LogP contribution in [0.2, 0.25) is 0 Å². The van der Waals surface area contributed by atoms with Crippen LogP contribution in [-0.2, 0) is 16.6 Å². The molecule has 1 rings (SSSR count). The molecule has 1 atom stereocenters. The third kappa shape index (κ3) is 3.81. The van der Waals surface area contributed by atoms with Gasteiger partial charge in [-0.15, -0.1) is 0 Å². The van der Waals surface area contributed by atoms with Gasteiger partial charge in [-0.3, -0.25) is 0 Å². The summed E-state index contributed by atoms with van der Waals surface area (Å²) in [5.41, 5.74) is 0. The summed E-state index contributed by atoms with van der Waals surface area (Å²) in [4.78, 5) is 0. The zero-order valence-electron chi connectivity index (χ0n) is 9.93. The number of aliphatic hydroxyl groups is 1. The molecule has 0 saturated heterocycles. The van der Waals surface area contributed by atoms with Gasteiger partial charge in [-0.25, -0.2) is 13.1 Å². The fraction of sp³-hybridized carbons (Fsp3) is 0.600. The summed E-state index contributed by atoms with van der Waals surface area (Å²) in [5, 5.41) is 11.9. The number of aliphatic hydroxyl groups excluding tert-OH is 1. The molecule has 0 aliphatic heterocycles. The van der Waals surface area contributed by atoms with Crippen LogP contribution in [0.15, 0.2) is 21.6 Å². The first-order chi connectivity index (χ1) is 8.03. The van der Waals surface area contributed by atoms with Gasteiger partial charge >= 0.3 is 0 Å². The molecule has 0 saturated carbocycles. The number of hydrogen-bond donors (Lipinski definition) is 3. The van der Waals surface area contributed by atoms with Crippen molar-refractivity contribution < 1.29 is 17.9 Å². The highest BCUT2D eigenvalue weighted by Gasteiger charge is 2.16. The van der Waals surface area contributed by atoms with Crippen molar-refractivity contribution in [1.82, 2.24) is 10.0 Å². The molecular weight excluding hydrogens is 244 g/mol. The number of rotatable bonds is 7. The van der Waals surface area contributed by atoms with E-state index in [2.05, 4.69) is 10.0 Å². The minimum absolute atomic E-state index is 0.00976. The van der Waals surface area contributed by atoms with E-state index < -0.39 is 10.0 Å². The Hall–Kier alpha value is -0.890. The molecule has 0 bridgehead atoms. The predicted molar refractivity (Wildman–Crippen MR) is 63.0 cm³/mol. The largest absolute Gasteiger partial charge is 0.447 e. The van der Waals surface area contributed by atoms with E-state index in [-0.39, 0.29) is 17.7 Å². The van der Waals surface area contributed by atoms with Gasteiger partial charge in [-0.1, -0.05) is 6.92 Å². The Morgan fingerprint density at radius 2 is 2.18 bits per heavy atom. The monoisotopic (exact) mass is 262 g/mol. The van der Waals surface area contributed by atoms with Crippen molar-refractivity contribution in [2.45, 2.75) is 31.0 Å². The maximum atomic E-state index is 11.4. The van der Waals surface area contributed by atoms with Crippen molar-refractivity contribution in [3.63, 3.8) is 0 Å². The third-order valence-electron chi connectivity index (χ3n) is 2.45. The first-order valence-corrected chi connectivity index (χ1v) is 6.88. The highest BCUT2D eigenvalue weighted by Crippen LogP contribution is 2.13. The molecule has 0 radical (unpaired) electrons. The average Bonchev–Trinajstić information content (AvgIpc) is 2.80. The highest BCUT2D eigenvalue weighted by molar-refractivity contribution is 7.89. The van der Waals surface area contributed by atoms with E-state index in [4.69, 9.17) is 9.52 Å². The molecule has 7 heteroatoms. The molecule has 98 valence electrons. The quantitative estimate of drug-likeness (QED) is 0.645. The van der Waals surface area contributed by atoms with Crippen LogP contribution < -0.4 is 10.0 Å². The van der Waals surface area contributed by atoms with Crippen molar-refractivity contribution in [3.05, 3.63) is 17.9 Å². The normalized spacial score (nSPS) is 13.8. The molecule has 1 aromatic rings. The van der Waals surface area contributed by atoms with Gasteiger partial charge in [-0.05, 0) is 25.6 Å². The van der Waals surface area contributed by atoms with Crippen LogP contribution in [0.4, 0.5) is 0 Å². The predicted octanol–water partition coefficient (Wildman–Crippen LogP) is 0.0482. The standard InChI is InChI=1S/C10H18N2O4S/c1-3-8(7-13)12-6-9-4-5-10(16-9)17(14,15)11-2/h4-5,8,11-13H,3,6-7H2,1-2H3/t8-/m0/s1. The maximum absolute atomic E-state index is 11.4. The summed E-state index contributed by atoms with van der Waals surface area (Å²) in [7, 11) is -2.19. The van der Waals surface area contributed by atoms with E-state index in [1.807, 2.05) is 6.92 Å². The smallest absolute Gasteiger partial charge is 0.273 e. The van der Waals surface area contributed by atoms with E-state index in [0.29, 0.717) is 12.3 Å². The molecule has 0 unspecified atom stereocenters. The van der Waals surface area contributed by atoms with Crippen molar-refractivity contribution in [2.75, 3.05) is 13.7 Å². The second kappa shape index (κ2) is 6.15. The number of sulfonamides is 1. The van der Waals surface area contributed by atoms with E-state index in [9.17, 15) is 8.42 Å². The third-order valence-corrected chi connectivity index (χ3v) is 3.74. The lowest BCUT2D eigenvalue weighted by atomic mass is 10.2. The molecule has 0 fully saturated rings. The topological polar surface area (TPSA) is 91.6 Å². The van der Waals surface area contributed by atoms with Crippen molar-refractivity contribution >= 4 is 10.0 Å². The van der Waals surface area contributed by atoms with Gasteiger partial charge in [0.2, 0.25) is 5.09 Å². The molecule has 0 aliphatic rings. The lowest BCUT2D eigenvalue weighted by Crippen LogP contribution is -2.31. The van der Waals surface area contributed by atoms with Crippen LogP contribution in [0.3, 0.4) is 0 Å². The highest BCUT2D eigenvalue weighted by atomic mass is 32.2. The van der Waals surface area contributed by atoms with Gasteiger partial charge in [0.1, 0.15) is 5.76 Å². The van der Waals surface area contributed by atoms with Gasteiger partial charge in [-0.2, -0.15) is 0 Å². The minimum atomic E-state index is -3.52. The summed E-state index contributed by atoms with van der Waals surface area (Å²) in [6.07, 6.45) is 0.791. The molecule has 0 aliphatic carbocycles. The zero-order valence-corrected chi connectivity index (χ0v) is 10.8. The lowest BCUT2D eigenvalue weighted by Gasteiger charge is -2.12. The molecule has 17 heavy (non-hydrogen) atoms. The molecule has 3 N–H and O–H groups in total. The maximum Gasteiger partial charge on any atom is 0.273 e. The second-order valence-corrected chi connectivity index (χ2v) is 5.41. The van der Waals surface area contributed by atoms with Gasteiger partial charge in [0.05, 0.1) is 13.2 Å². The van der Waals surface area contributed by atoms with Gasteiger partial charge < -0.3 is 14.8 Å². The van der Waals surface area contributed by atoms with Crippen LogP contribution in [0.5, 0.6) is 0 Å². The van der Waals surface area contributed by atoms with E-state index >= 15 is 0 Å². The molecule has 6 nitrogen and oxygen atoms in total. The van der Waals surface area contributed by atoms with E-state index in [1.165, 1.54) is 13.1 Å². The average molecular weight is 262 g/mol. The Morgan fingerprint density at radius 1 is 1.47 bits per heavy atom. The van der Waals surface area contributed by atoms with E-state index in [1.54, 1.807) is 6.07 Å². The van der Waals surface area contributed by atoms with Crippen molar-refractivity contribution in [1.29, 1.82) is 0 Å². The Kier molecular flexibility index (Phi) is 5.13. The van der Waals surface area contributed by atoms with Crippen molar-refractivity contribution in [3.8, 4) is 0 Å². The fourth-order valence-electron chi connectivity index (χ4n) is 1.28. The first kappa shape index (κ1) is 14.2. The number of nitrogens with one attached hydrogen (secondary N) is 2. The van der Waals surface area contributed by atoms with Gasteiger partial charge in [0, 0.05) is 6.04 Å². The summed E-state index contributed by atoms with van der Waals surface area (Å²) in [6.45, 7) is 2.38. The number of hydrogen-bond acceptors (Lipinski definition) is 5. The molecule has 0 aromatic carbocycles. The van der Waals surface area contributed by atoms with Crippen molar-refractivity contribution in [2.24, 2.45) is 0 Å². The van der Waals surface area contributed by atoms with Crippen LogP contribution >= 0.6 is 0 Å². The van der Waals surface area contributed by atoms with Crippen LogP contribution in [0.25, 0.3) is 0 Å². The van der Waals surface area contributed by atoms with Crippen LogP contribution in [-0.4, -0.2) is 33.2 Å². The first-order valence-electron chi connectivity index (χ1n) is 5.40. The minimum Gasteiger partial charge on any atom is -0.447 e. The van der Waals surface area contributed by atoms with Gasteiger partial charge in [0.25, 0.3) is 10.0 Å². The summed E-state index contributed by atoms with van der Waals surface area (Å²) in [5.74, 6) is 0.519. The summed E-state index contributed by atoms with van der Waals surface area (Å²) in [6, 6.07) is 2.99. The summed E-state index contributed by atoms with van der Waals surface area (Å²) >= 11 is 0. The van der Waals surface area contributed by atoms with E-state index in [0.717, 1.165) is 6.42 Å². The number of furan rings is 1. The van der Waals surface area contributed by atoms with Crippen LogP contribution in [0, 0.1) is 0 Å². The molecule has 0 amide bonds.